The number of hydrogen-bond donors (Lipinski definition) is 3. The fraction of sp³-hybridized carbons (Fsp3) is 0.235. The second-order valence-electron chi connectivity index (χ2n) is 5.05. The van der Waals surface area contributed by atoms with Crippen LogP contribution in [0.25, 0.3) is 0 Å². The molecule has 0 fully saturated rings. The summed E-state index contributed by atoms with van der Waals surface area (Å²) in [7, 11) is 0. The summed E-state index contributed by atoms with van der Waals surface area (Å²) >= 11 is 5.88. The number of halogens is 2. The fourth-order valence-electron chi connectivity index (χ4n) is 2.21. The number of carbonyl (C=O) groups is 1. The molecule has 0 aliphatic heterocycles. The first-order chi connectivity index (χ1) is 11.0. The minimum Gasteiger partial charge on any atom is -0.395 e. The number of rotatable bonds is 6. The van der Waals surface area contributed by atoms with Crippen LogP contribution >= 0.6 is 11.6 Å². The number of aliphatic hydroxyl groups is 1. The summed E-state index contributed by atoms with van der Waals surface area (Å²) in [6, 6.07) is 9.66. The molecule has 6 heteroatoms. The number of hydrogen-bond acceptors (Lipinski definition) is 3. The zero-order chi connectivity index (χ0) is 16.8. The van der Waals surface area contributed by atoms with Gasteiger partial charge in [-0.3, -0.25) is 4.79 Å². The topological polar surface area (TPSA) is 61.4 Å². The molecular formula is C17H18ClFN2O2. The van der Waals surface area contributed by atoms with Crippen molar-refractivity contribution in [2.45, 2.75) is 13.5 Å². The molecule has 0 aliphatic carbocycles. The third-order valence-electron chi connectivity index (χ3n) is 3.45. The molecule has 2 aromatic carbocycles. The number of nitrogens with one attached hydrogen (secondary N) is 2. The molecule has 3 N–H and O–H groups in total. The maximum absolute atomic E-state index is 13.7. The minimum absolute atomic E-state index is 0.114. The summed E-state index contributed by atoms with van der Waals surface area (Å²) in [5.74, 6) is -0.592. The van der Waals surface area contributed by atoms with Crippen molar-refractivity contribution in [1.29, 1.82) is 0 Å². The Bertz CT molecular complexity index is 707. The Kier molecular flexibility index (Phi) is 5.96. The summed E-state index contributed by atoms with van der Waals surface area (Å²) in [5.41, 5.74) is 2.45. The third kappa shape index (κ3) is 4.43. The van der Waals surface area contributed by atoms with Crippen molar-refractivity contribution in [2.75, 3.05) is 18.5 Å². The number of amides is 1. The number of carbonyl (C=O) groups excluding carboxylic acids is 1. The Morgan fingerprint density at radius 2 is 2.09 bits per heavy atom. The van der Waals surface area contributed by atoms with Crippen LogP contribution in [0.4, 0.5) is 10.1 Å². The molecule has 0 unspecified atom stereocenters. The zero-order valence-electron chi connectivity index (χ0n) is 12.7. The Labute approximate surface area is 139 Å². The third-order valence-corrected chi connectivity index (χ3v) is 3.69. The van der Waals surface area contributed by atoms with Crippen molar-refractivity contribution in [1.82, 2.24) is 5.32 Å². The number of aliphatic hydroxyl groups excluding tert-OH is 1. The van der Waals surface area contributed by atoms with Crippen LogP contribution in [-0.2, 0) is 6.54 Å². The molecule has 0 aromatic heterocycles. The molecule has 122 valence electrons. The summed E-state index contributed by atoms with van der Waals surface area (Å²) in [6.45, 7) is 2.15. The van der Waals surface area contributed by atoms with Gasteiger partial charge in [-0.05, 0) is 42.8 Å². The van der Waals surface area contributed by atoms with E-state index in [1.807, 2.05) is 13.0 Å². The predicted molar refractivity (Wildman–Crippen MR) is 89.3 cm³/mol. The molecule has 0 bridgehead atoms. The van der Waals surface area contributed by atoms with Crippen molar-refractivity contribution in [3.05, 3.63) is 63.9 Å². The Hall–Kier alpha value is -2.11. The van der Waals surface area contributed by atoms with Gasteiger partial charge in [0, 0.05) is 34.9 Å². The molecular weight excluding hydrogens is 319 g/mol. The van der Waals surface area contributed by atoms with Gasteiger partial charge in [-0.1, -0.05) is 17.7 Å². The van der Waals surface area contributed by atoms with Crippen molar-refractivity contribution in [3.63, 3.8) is 0 Å². The van der Waals surface area contributed by atoms with Gasteiger partial charge in [0.25, 0.3) is 5.91 Å². The Morgan fingerprint density at radius 1 is 1.30 bits per heavy atom. The van der Waals surface area contributed by atoms with E-state index in [4.69, 9.17) is 16.7 Å². The zero-order valence-corrected chi connectivity index (χ0v) is 13.5. The van der Waals surface area contributed by atoms with Crippen molar-refractivity contribution in [3.8, 4) is 0 Å². The van der Waals surface area contributed by atoms with E-state index in [1.165, 1.54) is 12.1 Å². The highest BCUT2D eigenvalue weighted by Crippen LogP contribution is 2.21. The van der Waals surface area contributed by atoms with E-state index in [2.05, 4.69) is 10.6 Å². The molecule has 23 heavy (non-hydrogen) atoms. The van der Waals surface area contributed by atoms with Gasteiger partial charge < -0.3 is 15.7 Å². The molecule has 0 spiro atoms. The molecule has 1 amide bonds. The lowest BCUT2D eigenvalue weighted by Crippen LogP contribution is -2.27. The van der Waals surface area contributed by atoms with Gasteiger partial charge in [-0.25, -0.2) is 4.39 Å². The van der Waals surface area contributed by atoms with Crippen LogP contribution in [0.1, 0.15) is 21.5 Å². The van der Waals surface area contributed by atoms with Crippen LogP contribution < -0.4 is 10.6 Å². The Balaban J connectivity index is 2.14. The largest absolute Gasteiger partial charge is 0.395 e. The lowest BCUT2D eigenvalue weighted by atomic mass is 10.1. The maximum Gasteiger partial charge on any atom is 0.251 e. The van der Waals surface area contributed by atoms with E-state index in [1.54, 1.807) is 18.2 Å². The highest BCUT2D eigenvalue weighted by molar-refractivity contribution is 6.30. The first kappa shape index (κ1) is 17.2. The van der Waals surface area contributed by atoms with Crippen LogP contribution in [0.3, 0.4) is 0 Å². The average molecular weight is 337 g/mol. The summed E-state index contributed by atoms with van der Waals surface area (Å²) in [5, 5.41) is 15.0. The quantitative estimate of drug-likeness (QED) is 0.759. The van der Waals surface area contributed by atoms with Crippen LogP contribution in [-0.4, -0.2) is 24.2 Å². The highest BCUT2D eigenvalue weighted by Gasteiger charge is 2.11. The summed E-state index contributed by atoms with van der Waals surface area (Å²) in [6.07, 6.45) is 0. The van der Waals surface area contributed by atoms with Crippen LogP contribution in [0.2, 0.25) is 5.02 Å². The summed E-state index contributed by atoms with van der Waals surface area (Å²) < 4.78 is 13.7. The van der Waals surface area contributed by atoms with E-state index >= 15 is 0 Å². The first-order valence-corrected chi connectivity index (χ1v) is 7.57. The first-order valence-electron chi connectivity index (χ1n) is 7.19. The number of benzene rings is 2. The van der Waals surface area contributed by atoms with Gasteiger partial charge in [0.15, 0.2) is 0 Å². The van der Waals surface area contributed by atoms with Gasteiger partial charge in [-0.15, -0.1) is 0 Å². The van der Waals surface area contributed by atoms with Crippen LogP contribution in [0, 0.1) is 12.7 Å². The van der Waals surface area contributed by atoms with Gasteiger partial charge in [0.05, 0.1) is 6.61 Å². The van der Waals surface area contributed by atoms with Crippen LogP contribution in [0.5, 0.6) is 0 Å². The lowest BCUT2D eigenvalue weighted by molar-refractivity contribution is 0.0944. The second kappa shape index (κ2) is 7.94. The van der Waals surface area contributed by atoms with Crippen molar-refractivity contribution in [2.24, 2.45) is 0 Å². The van der Waals surface area contributed by atoms with Crippen LogP contribution in [0.15, 0.2) is 36.4 Å². The molecule has 4 nitrogen and oxygen atoms in total. The SMILES string of the molecule is Cc1c(NCc2cc(Cl)ccc2F)cccc1C(=O)NCCO. The molecule has 2 aromatic rings. The average Bonchev–Trinajstić information content (AvgIpc) is 2.54. The molecule has 0 atom stereocenters. The van der Waals surface area contributed by atoms with Crippen molar-refractivity contribution >= 4 is 23.2 Å². The molecule has 0 saturated heterocycles. The smallest absolute Gasteiger partial charge is 0.251 e. The van der Waals surface area contributed by atoms with Gasteiger partial charge >= 0.3 is 0 Å². The second-order valence-corrected chi connectivity index (χ2v) is 5.48. The molecule has 0 aliphatic rings. The van der Waals surface area contributed by atoms with E-state index in [9.17, 15) is 9.18 Å². The highest BCUT2D eigenvalue weighted by atomic mass is 35.5. The number of anilines is 1. The van der Waals surface area contributed by atoms with Gasteiger partial charge in [-0.2, -0.15) is 0 Å². The molecule has 0 radical (unpaired) electrons. The molecule has 0 heterocycles. The normalized spacial score (nSPS) is 10.4. The maximum atomic E-state index is 13.7. The fourth-order valence-corrected chi connectivity index (χ4v) is 2.40. The molecule has 2 rings (SSSR count). The Morgan fingerprint density at radius 3 is 2.83 bits per heavy atom. The minimum atomic E-state index is -0.337. The molecule has 0 saturated carbocycles. The summed E-state index contributed by atoms with van der Waals surface area (Å²) in [4.78, 5) is 12.0. The van der Waals surface area contributed by atoms with Gasteiger partial charge in [0.1, 0.15) is 5.82 Å². The standard InChI is InChI=1S/C17H18ClFN2O2/c1-11-14(17(23)20-7-8-22)3-2-4-16(11)21-10-12-9-13(18)5-6-15(12)19/h2-6,9,21-22H,7-8,10H2,1H3,(H,20,23). The van der Waals surface area contributed by atoms with Gasteiger partial charge in [0.2, 0.25) is 0 Å². The van der Waals surface area contributed by atoms with E-state index in [0.29, 0.717) is 16.1 Å². The monoisotopic (exact) mass is 336 g/mol. The predicted octanol–water partition coefficient (Wildman–Crippen LogP) is 3.12. The van der Waals surface area contributed by atoms with E-state index in [-0.39, 0.29) is 31.4 Å². The van der Waals surface area contributed by atoms with E-state index < -0.39 is 0 Å². The van der Waals surface area contributed by atoms with E-state index in [0.717, 1.165) is 11.3 Å². The van der Waals surface area contributed by atoms with Crippen molar-refractivity contribution < 1.29 is 14.3 Å². The lowest BCUT2D eigenvalue weighted by Gasteiger charge is -2.14.